The Labute approximate surface area is 198 Å². The maximum Gasteiger partial charge on any atom is 0.224 e. The molecule has 0 aliphatic carbocycles. The fourth-order valence-corrected chi connectivity index (χ4v) is 5.48. The highest BCUT2D eigenvalue weighted by Gasteiger charge is 2.13. The predicted molar refractivity (Wildman–Crippen MR) is 138 cm³/mol. The zero-order valence-corrected chi connectivity index (χ0v) is 20.4. The Morgan fingerprint density at radius 3 is 2.44 bits per heavy atom. The van der Waals surface area contributed by atoms with Crippen LogP contribution in [0.3, 0.4) is 0 Å². The molecule has 32 heavy (non-hydrogen) atoms. The van der Waals surface area contributed by atoms with E-state index in [0.29, 0.717) is 6.42 Å². The van der Waals surface area contributed by atoms with E-state index in [2.05, 4.69) is 62.5 Å². The number of thiazole rings is 1. The maximum absolute atomic E-state index is 12.3. The Morgan fingerprint density at radius 1 is 0.969 bits per heavy atom. The Hall–Kier alpha value is -2.63. The fraction of sp³-hybridized carbons (Fsp3) is 0.259. The fourth-order valence-electron chi connectivity index (χ4n) is 3.42. The topological polar surface area (TPSA) is 42.0 Å². The van der Waals surface area contributed by atoms with E-state index in [0.717, 1.165) is 32.4 Å². The van der Waals surface area contributed by atoms with Crippen LogP contribution in [-0.4, -0.2) is 10.9 Å². The molecular weight excluding hydrogens is 432 g/mol. The number of carbonyl (C=O) groups is 1. The van der Waals surface area contributed by atoms with Gasteiger partial charge in [-0.3, -0.25) is 4.79 Å². The number of thioether (sulfide) groups is 1. The van der Waals surface area contributed by atoms with Crippen LogP contribution >= 0.6 is 23.1 Å². The quantitative estimate of drug-likeness (QED) is 0.291. The molecule has 0 saturated carbocycles. The van der Waals surface area contributed by atoms with Crippen LogP contribution < -0.4 is 5.32 Å². The van der Waals surface area contributed by atoms with E-state index < -0.39 is 0 Å². The van der Waals surface area contributed by atoms with Crippen molar-refractivity contribution in [2.45, 2.75) is 49.1 Å². The van der Waals surface area contributed by atoms with E-state index in [1.165, 1.54) is 16.7 Å². The Kier molecular flexibility index (Phi) is 6.97. The molecule has 5 heteroatoms. The summed E-state index contributed by atoms with van der Waals surface area (Å²) in [5, 5.41) is 3.02. The number of hydrogen-bond acceptors (Lipinski definition) is 4. The zero-order valence-electron chi connectivity index (χ0n) is 18.7. The number of hydrogen-bond donors (Lipinski definition) is 1. The van der Waals surface area contributed by atoms with Gasteiger partial charge in [0.15, 0.2) is 4.34 Å². The number of aromatic nitrogens is 1. The van der Waals surface area contributed by atoms with E-state index in [1.54, 1.807) is 23.1 Å². The first kappa shape index (κ1) is 22.6. The summed E-state index contributed by atoms with van der Waals surface area (Å²) >= 11 is 3.43. The molecule has 0 aliphatic heterocycles. The summed E-state index contributed by atoms with van der Waals surface area (Å²) in [6.07, 6.45) is 1.22. The molecule has 3 nitrogen and oxygen atoms in total. The van der Waals surface area contributed by atoms with Crippen molar-refractivity contribution in [2.75, 3.05) is 5.32 Å². The molecule has 1 N–H and O–H groups in total. The third kappa shape index (κ3) is 5.99. The van der Waals surface area contributed by atoms with E-state index in [-0.39, 0.29) is 11.3 Å². The highest BCUT2D eigenvalue weighted by atomic mass is 32.2. The van der Waals surface area contributed by atoms with Crippen LogP contribution in [0.2, 0.25) is 0 Å². The molecule has 3 aromatic carbocycles. The highest BCUT2D eigenvalue weighted by Crippen LogP contribution is 2.33. The number of anilines is 1. The molecule has 0 aliphatic rings. The summed E-state index contributed by atoms with van der Waals surface area (Å²) in [6.45, 7) is 6.70. The van der Waals surface area contributed by atoms with Crippen molar-refractivity contribution < 1.29 is 4.79 Å². The minimum Gasteiger partial charge on any atom is -0.326 e. The minimum absolute atomic E-state index is 0.0334. The standard InChI is InChI=1S/C27H28N2OS2/c1-27(2,3)21-12-9-20(10-13-21)18-31-26-29-23-15-14-22(17-24(23)32-26)28-25(30)16-11-19-7-5-4-6-8-19/h4-10,12-15,17H,11,16,18H2,1-3H3,(H,28,30). The van der Waals surface area contributed by atoms with Gasteiger partial charge in [-0.05, 0) is 46.7 Å². The maximum atomic E-state index is 12.3. The van der Waals surface area contributed by atoms with Gasteiger partial charge in [0.05, 0.1) is 10.2 Å². The van der Waals surface area contributed by atoms with Crippen LogP contribution in [0.5, 0.6) is 0 Å². The van der Waals surface area contributed by atoms with Gasteiger partial charge < -0.3 is 5.32 Å². The zero-order chi connectivity index (χ0) is 22.6. The molecular formula is C27H28N2OS2. The number of nitrogens with one attached hydrogen (secondary N) is 1. The normalized spacial score (nSPS) is 11.6. The van der Waals surface area contributed by atoms with Crippen LogP contribution in [0.25, 0.3) is 10.2 Å². The van der Waals surface area contributed by atoms with Gasteiger partial charge in [0, 0.05) is 17.9 Å². The molecule has 1 amide bonds. The van der Waals surface area contributed by atoms with Gasteiger partial charge in [-0.1, -0.05) is 87.1 Å². The average Bonchev–Trinajstić information content (AvgIpc) is 3.19. The van der Waals surface area contributed by atoms with Gasteiger partial charge >= 0.3 is 0 Å². The number of amides is 1. The lowest BCUT2D eigenvalue weighted by atomic mass is 9.87. The van der Waals surface area contributed by atoms with E-state index in [4.69, 9.17) is 4.98 Å². The van der Waals surface area contributed by atoms with Crippen LogP contribution in [0, 0.1) is 0 Å². The van der Waals surface area contributed by atoms with Crippen LogP contribution in [0.4, 0.5) is 5.69 Å². The first-order valence-corrected chi connectivity index (χ1v) is 12.6. The van der Waals surface area contributed by atoms with Gasteiger partial charge in [-0.15, -0.1) is 11.3 Å². The van der Waals surface area contributed by atoms with Crippen molar-refractivity contribution in [3.8, 4) is 0 Å². The monoisotopic (exact) mass is 460 g/mol. The van der Waals surface area contributed by atoms with Gasteiger partial charge in [-0.25, -0.2) is 4.98 Å². The number of fused-ring (bicyclic) bond motifs is 1. The molecule has 1 aromatic heterocycles. The van der Waals surface area contributed by atoms with Crippen LogP contribution in [-0.2, 0) is 22.4 Å². The molecule has 0 fully saturated rings. The molecule has 0 radical (unpaired) electrons. The predicted octanol–water partition coefficient (Wildman–Crippen LogP) is 7.46. The smallest absolute Gasteiger partial charge is 0.224 e. The third-order valence-electron chi connectivity index (χ3n) is 5.32. The average molecular weight is 461 g/mol. The molecule has 0 unspecified atom stereocenters. The molecule has 0 saturated heterocycles. The van der Waals surface area contributed by atoms with Gasteiger partial charge in [0.25, 0.3) is 0 Å². The SMILES string of the molecule is CC(C)(C)c1ccc(CSc2nc3ccc(NC(=O)CCc4ccccc4)cc3s2)cc1. The summed E-state index contributed by atoms with van der Waals surface area (Å²) in [7, 11) is 0. The Balaban J connectivity index is 1.34. The van der Waals surface area contributed by atoms with Crippen molar-refractivity contribution in [3.63, 3.8) is 0 Å². The van der Waals surface area contributed by atoms with E-state index in [9.17, 15) is 4.79 Å². The number of aryl methyl sites for hydroxylation is 1. The second-order valence-electron chi connectivity index (χ2n) is 8.93. The van der Waals surface area contributed by atoms with Crippen molar-refractivity contribution in [2.24, 2.45) is 0 Å². The molecule has 4 aromatic rings. The second-order valence-corrected chi connectivity index (χ2v) is 11.2. The van der Waals surface area contributed by atoms with Crippen molar-refractivity contribution in [1.29, 1.82) is 0 Å². The molecule has 164 valence electrons. The molecule has 4 rings (SSSR count). The summed E-state index contributed by atoms with van der Waals surface area (Å²) in [5.74, 6) is 0.930. The minimum atomic E-state index is 0.0334. The van der Waals surface area contributed by atoms with E-state index in [1.807, 2.05) is 36.4 Å². The summed E-state index contributed by atoms with van der Waals surface area (Å²) in [4.78, 5) is 17.1. The van der Waals surface area contributed by atoms with Crippen molar-refractivity contribution in [1.82, 2.24) is 4.98 Å². The van der Waals surface area contributed by atoms with Crippen molar-refractivity contribution >= 4 is 44.9 Å². The second kappa shape index (κ2) is 9.88. The highest BCUT2D eigenvalue weighted by molar-refractivity contribution is 8.00. The largest absolute Gasteiger partial charge is 0.326 e. The summed E-state index contributed by atoms with van der Waals surface area (Å²) in [6, 6.07) is 24.9. The Morgan fingerprint density at radius 2 is 1.72 bits per heavy atom. The lowest BCUT2D eigenvalue weighted by Gasteiger charge is -2.19. The molecule has 0 bridgehead atoms. The molecule has 0 atom stereocenters. The van der Waals surface area contributed by atoms with Gasteiger partial charge in [-0.2, -0.15) is 0 Å². The summed E-state index contributed by atoms with van der Waals surface area (Å²) < 4.78 is 2.14. The first-order valence-electron chi connectivity index (χ1n) is 10.8. The number of carbonyl (C=O) groups excluding carboxylic acids is 1. The molecule has 1 heterocycles. The number of rotatable bonds is 7. The summed E-state index contributed by atoms with van der Waals surface area (Å²) in [5.41, 5.74) is 5.80. The third-order valence-corrected chi connectivity index (χ3v) is 7.55. The Bertz CT molecular complexity index is 1190. The van der Waals surface area contributed by atoms with Crippen LogP contribution in [0.1, 0.15) is 43.9 Å². The lowest BCUT2D eigenvalue weighted by molar-refractivity contribution is -0.116. The van der Waals surface area contributed by atoms with Gasteiger partial charge in [0.2, 0.25) is 5.91 Å². The first-order chi connectivity index (χ1) is 15.4. The van der Waals surface area contributed by atoms with Gasteiger partial charge in [0.1, 0.15) is 0 Å². The van der Waals surface area contributed by atoms with E-state index >= 15 is 0 Å². The number of nitrogens with zero attached hydrogens (tertiary/aromatic N) is 1. The lowest BCUT2D eigenvalue weighted by Crippen LogP contribution is -2.12. The van der Waals surface area contributed by atoms with Crippen molar-refractivity contribution in [3.05, 3.63) is 89.5 Å². The number of benzene rings is 3. The van der Waals surface area contributed by atoms with Crippen LogP contribution in [0.15, 0.2) is 77.1 Å². The molecule has 0 spiro atoms.